The molecule has 108 valence electrons. The first kappa shape index (κ1) is 15.6. The van der Waals surface area contributed by atoms with Crippen molar-refractivity contribution in [1.82, 2.24) is 0 Å². The number of aliphatic hydroxyl groups excluding tert-OH is 1. The van der Waals surface area contributed by atoms with Crippen LogP contribution in [-0.2, 0) is 0 Å². The van der Waals surface area contributed by atoms with E-state index in [2.05, 4.69) is 13.8 Å². The maximum absolute atomic E-state index is 10.5. The van der Waals surface area contributed by atoms with Gasteiger partial charge in [-0.3, -0.25) is 0 Å². The Morgan fingerprint density at radius 3 is 1.89 bits per heavy atom. The quantitative estimate of drug-likeness (QED) is 0.861. The fraction of sp³-hybridized carbons (Fsp3) is 0.600. The Hall–Kier alpha value is -1.42. The van der Waals surface area contributed by atoms with E-state index in [0.717, 1.165) is 5.56 Å². The molecule has 2 atom stereocenters. The third kappa shape index (κ3) is 3.13. The van der Waals surface area contributed by atoms with Gasteiger partial charge >= 0.3 is 0 Å². The number of ether oxygens (including phenoxy) is 3. The van der Waals surface area contributed by atoms with Crippen LogP contribution in [0.2, 0.25) is 0 Å². The minimum Gasteiger partial charge on any atom is -0.493 e. The first-order valence-corrected chi connectivity index (χ1v) is 6.44. The lowest BCUT2D eigenvalue weighted by Crippen LogP contribution is -2.16. The zero-order chi connectivity index (χ0) is 14.6. The molecule has 1 rings (SSSR count). The van der Waals surface area contributed by atoms with Gasteiger partial charge in [0.05, 0.1) is 27.4 Å². The number of benzene rings is 1. The molecule has 4 heteroatoms. The first-order chi connectivity index (χ1) is 8.97. The van der Waals surface area contributed by atoms with Crippen molar-refractivity contribution >= 4 is 0 Å². The predicted molar refractivity (Wildman–Crippen MR) is 75.1 cm³/mol. The molecule has 0 aliphatic carbocycles. The van der Waals surface area contributed by atoms with E-state index in [1.165, 1.54) is 0 Å². The minimum absolute atomic E-state index is 0.118. The van der Waals surface area contributed by atoms with Gasteiger partial charge in [-0.25, -0.2) is 0 Å². The van der Waals surface area contributed by atoms with Crippen LogP contribution < -0.4 is 14.2 Å². The molecule has 0 aromatic heterocycles. The molecule has 0 saturated carbocycles. The van der Waals surface area contributed by atoms with Crippen molar-refractivity contribution in [3.63, 3.8) is 0 Å². The zero-order valence-corrected chi connectivity index (χ0v) is 12.6. The summed E-state index contributed by atoms with van der Waals surface area (Å²) in [6.45, 7) is 6.19. The van der Waals surface area contributed by atoms with Gasteiger partial charge in [0.25, 0.3) is 0 Å². The summed E-state index contributed by atoms with van der Waals surface area (Å²) in [7, 11) is 4.69. The molecule has 1 aromatic rings. The third-order valence-corrected chi connectivity index (χ3v) is 3.60. The molecule has 0 bridgehead atoms. The van der Waals surface area contributed by atoms with Gasteiger partial charge in [0.1, 0.15) is 0 Å². The van der Waals surface area contributed by atoms with E-state index in [0.29, 0.717) is 23.2 Å². The highest BCUT2D eigenvalue weighted by Crippen LogP contribution is 2.44. The minimum atomic E-state index is -0.602. The molecular weight excluding hydrogens is 244 g/mol. The highest BCUT2D eigenvalue weighted by molar-refractivity contribution is 5.56. The monoisotopic (exact) mass is 268 g/mol. The second-order valence-corrected chi connectivity index (χ2v) is 4.97. The lowest BCUT2D eigenvalue weighted by molar-refractivity contribution is 0.0890. The Morgan fingerprint density at radius 2 is 1.47 bits per heavy atom. The largest absolute Gasteiger partial charge is 0.493 e. The van der Waals surface area contributed by atoms with Gasteiger partial charge in [-0.15, -0.1) is 0 Å². The summed E-state index contributed by atoms with van der Waals surface area (Å²) in [6.07, 6.45) is -0.602. The van der Waals surface area contributed by atoms with Crippen molar-refractivity contribution in [2.45, 2.75) is 26.9 Å². The molecule has 0 heterocycles. The van der Waals surface area contributed by atoms with Crippen molar-refractivity contribution in [3.8, 4) is 17.2 Å². The van der Waals surface area contributed by atoms with Crippen molar-refractivity contribution in [1.29, 1.82) is 0 Å². The zero-order valence-electron chi connectivity index (χ0n) is 12.6. The van der Waals surface area contributed by atoms with E-state index in [1.54, 1.807) is 27.4 Å². The average molecular weight is 268 g/mol. The van der Waals surface area contributed by atoms with Crippen LogP contribution in [0.4, 0.5) is 0 Å². The molecule has 0 amide bonds. The van der Waals surface area contributed by atoms with Gasteiger partial charge in [-0.2, -0.15) is 0 Å². The van der Waals surface area contributed by atoms with Crippen LogP contribution in [0.5, 0.6) is 17.2 Å². The van der Waals surface area contributed by atoms with Crippen LogP contribution in [0.15, 0.2) is 12.1 Å². The Morgan fingerprint density at radius 1 is 0.895 bits per heavy atom. The fourth-order valence-corrected chi connectivity index (χ4v) is 2.01. The smallest absolute Gasteiger partial charge is 0.203 e. The predicted octanol–water partition coefficient (Wildman–Crippen LogP) is 3.04. The number of hydrogen-bond acceptors (Lipinski definition) is 4. The van der Waals surface area contributed by atoms with Crippen molar-refractivity contribution in [2.24, 2.45) is 11.8 Å². The van der Waals surface area contributed by atoms with Crippen LogP contribution >= 0.6 is 0 Å². The summed E-state index contributed by atoms with van der Waals surface area (Å²) in [5.74, 6) is 2.12. The maximum atomic E-state index is 10.5. The Kier molecular flexibility index (Phi) is 5.48. The number of hydrogen-bond donors (Lipinski definition) is 1. The molecule has 0 saturated heterocycles. The van der Waals surface area contributed by atoms with E-state index in [1.807, 2.05) is 13.0 Å². The molecule has 1 aromatic carbocycles. The van der Waals surface area contributed by atoms with Crippen LogP contribution in [0, 0.1) is 11.8 Å². The van der Waals surface area contributed by atoms with Crippen LogP contribution in [0.3, 0.4) is 0 Å². The SMILES string of the molecule is COc1ccc(C(O)C(C)C(C)C)c(OC)c1OC. The second-order valence-electron chi connectivity index (χ2n) is 4.97. The topological polar surface area (TPSA) is 47.9 Å². The summed E-state index contributed by atoms with van der Waals surface area (Å²) >= 11 is 0. The Balaban J connectivity index is 3.28. The molecule has 0 spiro atoms. The van der Waals surface area contributed by atoms with Gasteiger partial charge in [0.15, 0.2) is 11.5 Å². The Bertz CT molecular complexity index is 415. The van der Waals surface area contributed by atoms with E-state index in [-0.39, 0.29) is 5.92 Å². The number of aliphatic hydroxyl groups is 1. The summed E-state index contributed by atoms with van der Waals surface area (Å²) in [4.78, 5) is 0. The summed E-state index contributed by atoms with van der Waals surface area (Å²) < 4.78 is 16.0. The highest BCUT2D eigenvalue weighted by atomic mass is 16.5. The van der Waals surface area contributed by atoms with Gasteiger partial charge in [0, 0.05) is 5.56 Å². The van der Waals surface area contributed by atoms with E-state index >= 15 is 0 Å². The maximum Gasteiger partial charge on any atom is 0.203 e. The lowest BCUT2D eigenvalue weighted by Gasteiger charge is -2.25. The van der Waals surface area contributed by atoms with Gasteiger partial charge < -0.3 is 19.3 Å². The first-order valence-electron chi connectivity index (χ1n) is 6.44. The molecule has 19 heavy (non-hydrogen) atoms. The molecule has 0 aliphatic rings. The van der Waals surface area contributed by atoms with Crippen molar-refractivity contribution in [3.05, 3.63) is 17.7 Å². The molecule has 1 N–H and O–H groups in total. The van der Waals surface area contributed by atoms with Gasteiger partial charge in [0.2, 0.25) is 5.75 Å². The van der Waals surface area contributed by atoms with Crippen LogP contribution in [0.25, 0.3) is 0 Å². The highest BCUT2D eigenvalue weighted by Gasteiger charge is 2.26. The van der Waals surface area contributed by atoms with E-state index in [9.17, 15) is 5.11 Å². The van der Waals surface area contributed by atoms with Crippen molar-refractivity contribution < 1.29 is 19.3 Å². The second kappa shape index (κ2) is 6.66. The average Bonchev–Trinajstić information content (AvgIpc) is 2.43. The Labute approximate surface area is 115 Å². The molecule has 0 radical (unpaired) electrons. The standard InChI is InChI=1S/C15H24O4/c1-9(2)10(3)13(16)11-7-8-12(17-4)15(19-6)14(11)18-5/h7-10,13,16H,1-6H3. The van der Waals surface area contributed by atoms with Crippen molar-refractivity contribution in [2.75, 3.05) is 21.3 Å². The summed E-state index contributed by atoms with van der Waals surface area (Å²) in [5.41, 5.74) is 0.723. The molecular formula is C15H24O4. The van der Waals surface area contributed by atoms with E-state index in [4.69, 9.17) is 14.2 Å². The third-order valence-electron chi connectivity index (χ3n) is 3.60. The van der Waals surface area contributed by atoms with Gasteiger partial charge in [-0.05, 0) is 24.0 Å². The number of methoxy groups -OCH3 is 3. The molecule has 0 aliphatic heterocycles. The normalized spacial score (nSPS) is 14.1. The van der Waals surface area contributed by atoms with Crippen LogP contribution in [-0.4, -0.2) is 26.4 Å². The summed E-state index contributed by atoms with van der Waals surface area (Å²) in [6, 6.07) is 3.61. The summed E-state index contributed by atoms with van der Waals surface area (Å²) in [5, 5.41) is 10.5. The lowest BCUT2D eigenvalue weighted by atomic mass is 9.87. The van der Waals surface area contributed by atoms with Crippen LogP contribution in [0.1, 0.15) is 32.4 Å². The molecule has 2 unspecified atom stereocenters. The number of rotatable bonds is 6. The molecule has 0 fully saturated rings. The molecule has 4 nitrogen and oxygen atoms in total. The van der Waals surface area contributed by atoms with Gasteiger partial charge in [-0.1, -0.05) is 20.8 Å². The van der Waals surface area contributed by atoms with E-state index < -0.39 is 6.10 Å². The fourth-order valence-electron chi connectivity index (χ4n) is 2.01.